The topological polar surface area (TPSA) is 18.5 Å². The molecule has 0 saturated carbocycles. The van der Waals surface area contributed by atoms with Crippen molar-refractivity contribution < 1.29 is 9.47 Å². The highest BCUT2D eigenvalue weighted by molar-refractivity contribution is 5.75. The van der Waals surface area contributed by atoms with Gasteiger partial charge in [-0.1, -0.05) is 18.6 Å². The smallest absolute Gasteiger partial charge is 0.130 e. The molecule has 0 aromatic heterocycles. The minimum absolute atomic E-state index is 0.914. The fourth-order valence-electron chi connectivity index (χ4n) is 2.41. The lowest BCUT2D eigenvalue weighted by atomic mass is 9.99. The maximum Gasteiger partial charge on any atom is 0.130 e. The Labute approximate surface area is 103 Å². The van der Waals surface area contributed by atoms with E-state index in [4.69, 9.17) is 9.47 Å². The van der Waals surface area contributed by atoms with Gasteiger partial charge in [-0.3, -0.25) is 0 Å². The molecule has 0 N–H and O–H groups in total. The molecule has 0 fully saturated rings. The van der Waals surface area contributed by atoms with Gasteiger partial charge in [0.2, 0.25) is 0 Å². The Morgan fingerprint density at radius 3 is 2.29 bits per heavy atom. The minimum Gasteiger partial charge on any atom is -0.496 e. The van der Waals surface area contributed by atoms with E-state index in [9.17, 15) is 0 Å². The summed E-state index contributed by atoms with van der Waals surface area (Å²) in [5, 5.41) is 0. The molecule has 0 atom stereocenters. The fourth-order valence-corrected chi connectivity index (χ4v) is 2.41. The molecule has 0 amide bonds. The van der Waals surface area contributed by atoms with Crippen LogP contribution < -0.4 is 9.47 Å². The highest BCUT2D eigenvalue weighted by atomic mass is 16.5. The molecule has 0 bridgehead atoms. The quantitative estimate of drug-likeness (QED) is 0.782. The molecule has 0 unspecified atom stereocenters. The molecule has 1 aliphatic carbocycles. The van der Waals surface area contributed by atoms with Gasteiger partial charge in [0.25, 0.3) is 0 Å². The Kier molecular flexibility index (Phi) is 4.08. The van der Waals surface area contributed by atoms with E-state index in [1.807, 2.05) is 18.2 Å². The predicted molar refractivity (Wildman–Crippen MR) is 70.6 cm³/mol. The Hall–Kier alpha value is -1.44. The maximum atomic E-state index is 5.46. The standard InChI is InChI=1S/C15H20O2/c1-16-13-10-7-11-14(17-2)15(13)12-8-5-3-4-6-9-12/h7-8,10-11H,3-6,9H2,1-2H3. The van der Waals surface area contributed by atoms with Crippen LogP contribution in [0.1, 0.15) is 37.7 Å². The number of rotatable bonds is 3. The lowest BCUT2D eigenvalue weighted by molar-refractivity contribution is 0.391. The van der Waals surface area contributed by atoms with Crippen LogP contribution in [0.5, 0.6) is 11.5 Å². The summed E-state index contributed by atoms with van der Waals surface area (Å²) in [6, 6.07) is 5.98. The van der Waals surface area contributed by atoms with Crippen LogP contribution in [0, 0.1) is 0 Å². The summed E-state index contributed by atoms with van der Waals surface area (Å²) in [7, 11) is 3.44. The number of ether oxygens (including phenoxy) is 2. The van der Waals surface area contributed by atoms with Gasteiger partial charge in [0.1, 0.15) is 11.5 Å². The van der Waals surface area contributed by atoms with Gasteiger partial charge in [0, 0.05) is 0 Å². The third-order valence-corrected chi connectivity index (χ3v) is 3.29. The van der Waals surface area contributed by atoms with Gasteiger partial charge >= 0.3 is 0 Å². The van der Waals surface area contributed by atoms with Gasteiger partial charge in [0.05, 0.1) is 19.8 Å². The van der Waals surface area contributed by atoms with Crippen LogP contribution in [0.4, 0.5) is 0 Å². The van der Waals surface area contributed by atoms with Gasteiger partial charge in [-0.15, -0.1) is 0 Å². The van der Waals surface area contributed by atoms with Crippen molar-refractivity contribution in [3.05, 3.63) is 29.8 Å². The summed E-state index contributed by atoms with van der Waals surface area (Å²) in [6.45, 7) is 0. The molecular weight excluding hydrogens is 212 g/mol. The number of allylic oxidation sites excluding steroid dienone is 2. The van der Waals surface area contributed by atoms with E-state index in [0.717, 1.165) is 29.9 Å². The van der Waals surface area contributed by atoms with Crippen molar-refractivity contribution >= 4 is 5.57 Å². The highest BCUT2D eigenvalue weighted by Crippen LogP contribution is 2.38. The average molecular weight is 232 g/mol. The first-order valence-electron chi connectivity index (χ1n) is 6.27. The van der Waals surface area contributed by atoms with Crippen LogP contribution in [-0.4, -0.2) is 14.2 Å². The number of hydrogen-bond acceptors (Lipinski definition) is 2. The minimum atomic E-state index is 0.914. The van der Waals surface area contributed by atoms with Gasteiger partial charge in [-0.05, 0) is 43.4 Å². The van der Waals surface area contributed by atoms with Gasteiger partial charge in [0.15, 0.2) is 0 Å². The lowest BCUT2D eigenvalue weighted by Gasteiger charge is -2.15. The molecule has 1 aliphatic rings. The molecule has 0 spiro atoms. The van der Waals surface area contributed by atoms with Crippen LogP contribution >= 0.6 is 0 Å². The van der Waals surface area contributed by atoms with Crippen LogP contribution in [0.15, 0.2) is 24.3 Å². The summed E-state index contributed by atoms with van der Waals surface area (Å²) in [5.74, 6) is 1.83. The molecule has 17 heavy (non-hydrogen) atoms. The van der Waals surface area contributed by atoms with Crippen LogP contribution in [0.2, 0.25) is 0 Å². The molecule has 2 nitrogen and oxygen atoms in total. The van der Waals surface area contributed by atoms with Crippen molar-refractivity contribution in [1.82, 2.24) is 0 Å². The first-order valence-corrected chi connectivity index (χ1v) is 6.27. The average Bonchev–Trinajstić information content (AvgIpc) is 2.66. The van der Waals surface area contributed by atoms with E-state index in [0.29, 0.717) is 0 Å². The largest absolute Gasteiger partial charge is 0.496 e. The fraction of sp³-hybridized carbons (Fsp3) is 0.467. The molecule has 0 radical (unpaired) electrons. The van der Waals surface area contributed by atoms with E-state index < -0.39 is 0 Å². The SMILES string of the molecule is COc1cccc(OC)c1C1=CCCCCC1. The molecule has 0 aliphatic heterocycles. The summed E-state index contributed by atoms with van der Waals surface area (Å²) in [5.41, 5.74) is 2.51. The second-order valence-corrected chi connectivity index (χ2v) is 4.37. The molecular formula is C15H20O2. The van der Waals surface area contributed by atoms with Crippen molar-refractivity contribution in [3.8, 4) is 11.5 Å². The van der Waals surface area contributed by atoms with E-state index in [2.05, 4.69) is 6.08 Å². The monoisotopic (exact) mass is 232 g/mol. The maximum absolute atomic E-state index is 5.46. The second-order valence-electron chi connectivity index (χ2n) is 4.37. The highest BCUT2D eigenvalue weighted by Gasteiger charge is 2.15. The summed E-state index contributed by atoms with van der Waals surface area (Å²) < 4.78 is 10.9. The van der Waals surface area contributed by atoms with Crippen molar-refractivity contribution in [2.75, 3.05) is 14.2 Å². The van der Waals surface area contributed by atoms with Gasteiger partial charge in [-0.25, -0.2) is 0 Å². The first-order chi connectivity index (χ1) is 8.36. The molecule has 1 aromatic rings. The Bertz CT molecular complexity index is 385. The number of hydrogen-bond donors (Lipinski definition) is 0. The molecule has 0 saturated heterocycles. The summed E-state index contributed by atoms with van der Waals surface area (Å²) >= 11 is 0. The van der Waals surface area contributed by atoms with E-state index in [-0.39, 0.29) is 0 Å². The van der Waals surface area contributed by atoms with E-state index in [1.54, 1.807) is 14.2 Å². The third-order valence-electron chi connectivity index (χ3n) is 3.29. The lowest BCUT2D eigenvalue weighted by Crippen LogP contribution is -1.96. The van der Waals surface area contributed by atoms with E-state index >= 15 is 0 Å². The number of methoxy groups -OCH3 is 2. The van der Waals surface area contributed by atoms with Crippen molar-refractivity contribution in [2.45, 2.75) is 32.1 Å². The molecule has 92 valence electrons. The van der Waals surface area contributed by atoms with Crippen LogP contribution in [0.3, 0.4) is 0 Å². The summed E-state index contributed by atoms with van der Waals surface area (Å²) in [6.07, 6.45) is 8.49. The van der Waals surface area contributed by atoms with Gasteiger partial charge < -0.3 is 9.47 Å². The normalized spacial score (nSPS) is 16.0. The Balaban J connectivity index is 2.43. The molecule has 2 heteroatoms. The second kappa shape index (κ2) is 5.76. The molecule has 2 rings (SSSR count). The summed E-state index contributed by atoms with van der Waals surface area (Å²) in [4.78, 5) is 0. The van der Waals surface area contributed by atoms with Crippen molar-refractivity contribution in [3.63, 3.8) is 0 Å². The Morgan fingerprint density at radius 1 is 0.941 bits per heavy atom. The molecule has 1 aromatic carbocycles. The van der Waals surface area contributed by atoms with E-state index in [1.165, 1.54) is 24.8 Å². The Morgan fingerprint density at radius 2 is 1.65 bits per heavy atom. The van der Waals surface area contributed by atoms with Crippen molar-refractivity contribution in [1.29, 1.82) is 0 Å². The zero-order valence-electron chi connectivity index (χ0n) is 10.7. The first kappa shape index (κ1) is 12.0. The van der Waals surface area contributed by atoms with Crippen molar-refractivity contribution in [2.24, 2.45) is 0 Å². The number of benzene rings is 1. The molecule has 0 heterocycles. The zero-order chi connectivity index (χ0) is 12.1. The third kappa shape index (κ3) is 2.63. The van der Waals surface area contributed by atoms with Crippen LogP contribution in [-0.2, 0) is 0 Å². The van der Waals surface area contributed by atoms with Crippen LogP contribution in [0.25, 0.3) is 5.57 Å². The predicted octanol–water partition coefficient (Wildman–Crippen LogP) is 4.05. The van der Waals surface area contributed by atoms with Gasteiger partial charge in [-0.2, -0.15) is 0 Å². The zero-order valence-corrected chi connectivity index (χ0v) is 10.7.